The van der Waals surface area contributed by atoms with Crippen molar-refractivity contribution in [3.05, 3.63) is 42.2 Å². The van der Waals surface area contributed by atoms with E-state index in [1.807, 2.05) is 6.08 Å². The molecule has 0 bridgehead atoms. The Balaban J connectivity index is 1.77. The number of unbranched alkanes of at least 4 members (excludes halogenated alkanes) is 2. The summed E-state index contributed by atoms with van der Waals surface area (Å²) >= 11 is 0. The summed E-state index contributed by atoms with van der Waals surface area (Å²) in [7, 11) is 0. The standard InChI is InChI=1S/C21H32O/c1-3-5-7-8-18-9-11-19(12-10-18)20-13-15-21(16-14-20)22-17-6-4-2/h6,13-19H,3-5,7-12H2,1-2H3/b17-6+/t18-,19-. The molecule has 0 unspecified atom stereocenters. The van der Waals surface area contributed by atoms with Gasteiger partial charge in [-0.25, -0.2) is 0 Å². The van der Waals surface area contributed by atoms with Gasteiger partial charge in [-0.15, -0.1) is 0 Å². The number of benzene rings is 1. The second-order valence-corrected chi connectivity index (χ2v) is 6.68. The first-order valence-corrected chi connectivity index (χ1v) is 9.25. The van der Waals surface area contributed by atoms with Gasteiger partial charge < -0.3 is 4.74 Å². The SMILES string of the molecule is CC/C=C/Oc1ccc([C@H]2CC[C@H](CCCCC)CC2)cc1. The third-order valence-electron chi connectivity index (χ3n) is 4.95. The highest BCUT2D eigenvalue weighted by molar-refractivity contribution is 5.30. The minimum Gasteiger partial charge on any atom is -0.465 e. The molecule has 0 heterocycles. The van der Waals surface area contributed by atoms with Gasteiger partial charge >= 0.3 is 0 Å². The van der Waals surface area contributed by atoms with Crippen LogP contribution < -0.4 is 4.74 Å². The Kier molecular flexibility index (Phi) is 7.56. The van der Waals surface area contributed by atoms with Crippen LogP contribution in [0.2, 0.25) is 0 Å². The van der Waals surface area contributed by atoms with E-state index in [1.165, 1.54) is 56.9 Å². The highest BCUT2D eigenvalue weighted by atomic mass is 16.5. The van der Waals surface area contributed by atoms with E-state index >= 15 is 0 Å². The lowest BCUT2D eigenvalue weighted by molar-refractivity contribution is 0.302. The summed E-state index contributed by atoms with van der Waals surface area (Å²) in [6.45, 7) is 4.41. The monoisotopic (exact) mass is 300 g/mol. The van der Waals surface area contributed by atoms with Crippen molar-refractivity contribution >= 4 is 0 Å². The molecule has 0 N–H and O–H groups in total. The lowest BCUT2D eigenvalue weighted by atomic mass is 9.77. The summed E-state index contributed by atoms with van der Waals surface area (Å²) in [4.78, 5) is 0. The van der Waals surface area contributed by atoms with Crippen molar-refractivity contribution < 1.29 is 4.74 Å². The predicted octanol–water partition coefficient (Wildman–Crippen LogP) is 6.84. The van der Waals surface area contributed by atoms with Gasteiger partial charge in [-0.3, -0.25) is 0 Å². The maximum atomic E-state index is 5.58. The van der Waals surface area contributed by atoms with Gasteiger partial charge in [-0.2, -0.15) is 0 Å². The average Bonchev–Trinajstić information content (AvgIpc) is 2.57. The van der Waals surface area contributed by atoms with E-state index in [-0.39, 0.29) is 0 Å². The Labute approximate surface area is 136 Å². The molecule has 2 rings (SSSR count). The predicted molar refractivity (Wildman–Crippen MR) is 95.3 cm³/mol. The third kappa shape index (κ3) is 5.51. The molecule has 0 saturated heterocycles. The van der Waals surface area contributed by atoms with Gasteiger partial charge in [-0.05, 0) is 67.7 Å². The van der Waals surface area contributed by atoms with E-state index in [0.29, 0.717) is 0 Å². The van der Waals surface area contributed by atoms with Crippen LogP contribution in [0, 0.1) is 5.92 Å². The Bertz CT molecular complexity index is 424. The first-order chi connectivity index (χ1) is 10.8. The fourth-order valence-electron chi connectivity index (χ4n) is 3.51. The first kappa shape index (κ1) is 17.1. The zero-order chi connectivity index (χ0) is 15.6. The van der Waals surface area contributed by atoms with Gasteiger partial charge in [0.25, 0.3) is 0 Å². The summed E-state index contributed by atoms with van der Waals surface area (Å²) < 4.78 is 5.58. The highest BCUT2D eigenvalue weighted by Crippen LogP contribution is 2.38. The van der Waals surface area contributed by atoms with Crippen LogP contribution in [0.4, 0.5) is 0 Å². The van der Waals surface area contributed by atoms with Gasteiger partial charge in [0.05, 0.1) is 6.26 Å². The summed E-state index contributed by atoms with van der Waals surface area (Å²) in [5.41, 5.74) is 1.50. The molecule has 1 fully saturated rings. The van der Waals surface area contributed by atoms with Crippen molar-refractivity contribution in [2.24, 2.45) is 5.92 Å². The van der Waals surface area contributed by atoms with Crippen molar-refractivity contribution in [1.82, 2.24) is 0 Å². The molecular weight excluding hydrogens is 268 g/mol. The topological polar surface area (TPSA) is 9.23 Å². The summed E-state index contributed by atoms with van der Waals surface area (Å²) in [5.74, 6) is 2.70. The quantitative estimate of drug-likeness (QED) is 0.377. The molecule has 1 nitrogen and oxygen atoms in total. The van der Waals surface area contributed by atoms with E-state index in [2.05, 4.69) is 38.1 Å². The molecule has 122 valence electrons. The minimum absolute atomic E-state index is 0.766. The smallest absolute Gasteiger partial charge is 0.126 e. The summed E-state index contributed by atoms with van der Waals surface area (Å²) in [5, 5.41) is 0. The first-order valence-electron chi connectivity index (χ1n) is 9.25. The molecule has 0 aromatic heterocycles. The fraction of sp³-hybridized carbons (Fsp3) is 0.619. The molecule has 0 aliphatic heterocycles. The van der Waals surface area contributed by atoms with Crippen LogP contribution in [0.25, 0.3) is 0 Å². The number of ether oxygens (including phenoxy) is 1. The molecule has 1 aliphatic rings. The molecule has 0 amide bonds. The largest absolute Gasteiger partial charge is 0.465 e. The van der Waals surface area contributed by atoms with Crippen LogP contribution in [-0.4, -0.2) is 0 Å². The second-order valence-electron chi connectivity index (χ2n) is 6.68. The van der Waals surface area contributed by atoms with E-state index in [9.17, 15) is 0 Å². The summed E-state index contributed by atoms with van der Waals surface area (Å²) in [6.07, 6.45) is 16.1. The van der Waals surface area contributed by atoms with Crippen LogP contribution >= 0.6 is 0 Å². The van der Waals surface area contributed by atoms with Gasteiger partial charge in [0.2, 0.25) is 0 Å². The highest BCUT2D eigenvalue weighted by Gasteiger charge is 2.21. The van der Waals surface area contributed by atoms with E-state index in [0.717, 1.165) is 24.0 Å². The van der Waals surface area contributed by atoms with Crippen LogP contribution in [0.1, 0.15) is 83.1 Å². The summed E-state index contributed by atoms with van der Waals surface area (Å²) in [6, 6.07) is 8.75. The zero-order valence-corrected chi connectivity index (χ0v) is 14.4. The molecule has 1 aromatic rings. The number of hydrogen-bond acceptors (Lipinski definition) is 1. The van der Waals surface area contributed by atoms with Gasteiger partial charge in [-0.1, -0.05) is 51.7 Å². The van der Waals surface area contributed by atoms with Gasteiger partial charge in [0.15, 0.2) is 0 Å². The molecule has 22 heavy (non-hydrogen) atoms. The lowest BCUT2D eigenvalue weighted by Gasteiger charge is -2.29. The van der Waals surface area contributed by atoms with Crippen molar-refractivity contribution in [2.45, 2.75) is 77.6 Å². The van der Waals surface area contributed by atoms with Crippen LogP contribution in [0.15, 0.2) is 36.6 Å². The molecule has 0 atom stereocenters. The fourth-order valence-corrected chi connectivity index (χ4v) is 3.51. The van der Waals surface area contributed by atoms with Crippen LogP contribution in [-0.2, 0) is 0 Å². The molecule has 0 spiro atoms. The lowest BCUT2D eigenvalue weighted by Crippen LogP contribution is -2.13. The Hall–Kier alpha value is -1.24. The molecule has 0 radical (unpaired) electrons. The molecule has 1 saturated carbocycles. The molecular formula is C21H32O. The van der Waals surface area contributed by atoms with Crippen molar-refractivity contribution in [2.75, 3.05) is 0 Å². The maximum Gasteiger partial charge on any atom is 0.126 e. The van der Waals surface area contributed by atoms with Crippen molar-refractivity contribution in [3.63, 3.8) is 0 Å². The second kappa shape index (κ2) is 9.71. The van der Waals surface area contributed by atoms with Crippen LogP contribution in [0.3, 0.4) is 0 Å². The van der Waals surface area contributed by atoms with Crippen LogP contribution in [0.5, 0.6) is 5.75 Å². The molecule has 1 heteroatoms. The van der Waals surface area contributed by atoms with E-state index in [4.69, 9.17) is 4.74 Å². The molecule has 1 aromatic carbocycles. The minimum atomic E-state index is 0.766. The van der Waals surface area contributed by atoms with Gasteiger partial charge in [0, 0.05) is 0 Å². The van der Waals surface area contributed by atoms with Crippen molar-refractivity contribution in [1.29, 1.82) is 0 Å². The average molecular weight is 300 g/mol. The number of hydrogen-bond donors (Lipinski definition) is 0. The maximum absolute atomic E-state index is 5.58. The zero-order valence-electron chi connectivity index (χ0n) is 14.4. The Morgan fingerprint density at radius 1 is 1.00 bits per heavy atom. The molecule has 1 aliphatic carbocycles. The third-order valence-corrected chi connectivity index (χ3v) is 4.95. The number of rotatable bonds is 8. The van der Waals surface area contributed by atoms with Crippen molar-refractivity contribution in [3.8, 4) is 5.75 Å². The number of allylic oxidation sites excluding steroid dienone is 1. The van der Waals surface area contributed by atoms with Gasteiger partial charge in [0.1, 0.15) is 5.75 Å². The van der Waals surface area contributed by atoms with E-state index < -0.39 is 0 Å². The Morgan fingerprint density at radius 2 is 1.73 bits per heavy atom. The van der Waals surface area contributed by atoms with E-state index in [1.54, 1.807) is 6.26 Å². The Morgan fingerprint density at radius 3 is 2.36 bits per heavy atom. The normalized spacial score (nSPS) is 22.1.